The number of hydrogen-bond donors (Lipinski definition) is 4. The van der Waals surface area contributed by atoms with E-state index in [0.29, 0.717) is 43.4 Å². The van der Waals surface area contributed by atoms with E-state index in [-0.39, 0.29) is 34.1 Å². The van der Waals surface area contributed by atoms with Crippen molar-refractivity contribution < 1.29 is 25.2 Å². The van der Waals surface area contributed by atoms with E-state index in [0.717, 1.165) is 21.9 Å². The minimum Gasteiger partial charge on any atom is -0.507 e. The number of carbonyl (C=O) groups is 1. The summed E-state index contributed by atoms with van der Waals surface area (Å²) in [4.78, 5) is 15.1. The van der Waals surface area contributed by atoms with Crippen molar-refractivity contribution in [2.24, 2.45) is 0 Å². The molecular formula is C41H26O5. The molecule has 0 fully saturated rings. The number of fused-ring (bicyclic) bond motifs is 4. The molecule has 0 atom stereocenters. The molecule has 0 aliphatic carbocycles. The Morgan fingerprint density at radius 1 is 0.348 bits per heavy atom. The second-order valence-corrected chi connectivity index (χ2v) is 11.4. The summed E-state index contributed by atoms with van der Waals surface area (Å²) in [5, 5.41) is 49.3. The van der Waals surface area contributed by atoms with E-state index in [2.05, 4.69) is 0 Å². The first-order chi connectivity index (χ1) is 22.4. The van der Waals surface area contributed by atoms with Gasteiger partial charge in [-0.15, -0.1) is 0 Å². The van der Waals surface area contributed by atoms with Crippen molar-refractivity contribution in [3.05, 3.63) is 145 Å². The smallest absolute Gasteiger partial charge is 0.194 e. The topological polar surface area (TPSA) is 98.0 Å². The Morgan fingerprint density at radius 3 is 1.02 bits per heavy atom. The Bertz CT molecular complexity index is 2370. The van der Waals surface area contributed by atoms with Crippen molar-refractivity contribution in [1.29, 1.82) is 0 Å². The minimum atomic E-state index is -0.401. The zero-order valence-corrected chi connectivity index (χ0v) is 24.4. The number of ketones is 1. The predicted molar refractivity (Wildman–Crippen MR) is 184 cm³/mol. The highest BCUT2D eigenvalue weighted by molar-refractivity contribution is 6.25. The highest BCUT2D eigenvalue weighted by atomic mass is 16.3. The number of rotatable bonds is 4. The zero-order valence-electron chi connectivity index (χ0n) is 24.4. The maximum atomic E-state index is 15.1. The molecule has 0 spiro atoms. The van der Waals surface area contributed by atoms with E-state index in [1.165, 1.54) is 12.1 Å². The molecule has 5 nitrogen and oxygen atoms in total. The molecule has 0 heterocycles. The molecule has 46 heavy (non-hydrogen) atoms. The third-order valence-corrected chi connectivity index (χ3v) is 8.88. The molecule has 0 saturated carbocycles. The molecule has 0 amide bonds. The van der Waals surface area contributed by atoms with Gasteiger partial charge in [0.05, 0.1) is 0 Å². The van der Waals surface area contributed by atoms with Gasteiger partial charge in [0.1, 0.15) is 23.0 Å². The average Bonchev–Trinajstić information content (AvgIpc) is 3.09. The summed E-state index contributed by atoms with van der Waals surface area (Å²) < 4.78 is 0. The molecule has 0 aliphatic rings. The fraction of sp³-hybridized carbons (Fsp3) is 0. The lowest BCUT2D eigenvalue weighted by atomic mass is 9.83. The Kier molecular flexibility index (Phi) is 6.15. The summed E-state index contributed by atoms with van der Waals surface area (Å²) in [6.45, 7) is 0. The van der Waals surface area contributed by atoms with Crippen molar-refractivity contribution in [1.82, 2.24) is 0 Å². The first-order valence-electron chi connectivity index (χ1n) is 14.9. The fourth-order valence-electron chi connectivity index (χ4n) is 6.80. The SMILES string of the molecule is O=C(c1cc(O)c2ccccc2c1-c1ccc(O)c2ccccc12)c1cc(O)c2ccccc2c1-c1ccc(O)c2ccccc12. The second-order valence-electron chi connectivity index (χ2n) is 11.4. The number of benzene rings is 8. The Labute approximate surface area is 263 Å². The van der Waals surface area contributed by atoms with Crippen molar-refractivity contribution in [3.8, 4) is 45.3 Å². The van der Waals surface area contributed by atoms with Gasteiger partial charge in [-0.3, -0.25) is 4.79 Å². The van der Waals surface area contributed by atoms with Gasteiger partial charge in [-0.1, -0.05) is 109 Å². The average molecular weight is 599 g/mol. The van der Waals surface area contributed by atoms with Crippen molar-refractivity contribution in [3.63, 3.8) is 0 Å². The van der Waals surface area contributed by atoms with Crippen LogP contribution in [0.25, 0.3) is 65.3 Å². The summed E-state index contributed by atoms with van der Waals surface area (Å²) in [6, 6.07) is 39.4. The van der Waals surface area contributed by atoms with Crippen molar-refractivity contribution >= 4 is 48.9 Å². The highest BCUT2D eigenvalue weighted by Gasteiger charge is 2.26. The molecular weight excluding hydrogens is 572 g/mol. The van der Waals surface area contributed by atoms with Crippen molar-refractivity contribution in [2.45, 2.75) is 0 Å². The van der Waals surface area contributed by atoms with Gasteiger partial charge < -0.3 is 20.4 Å². The molecule has 8 rings (SSSR count). The van der Waals surface area contributed by atoms with Gasteiger partial charge in [0.15, 0.2) is 5.78 Å². The van der Waals surface area contributed by atoms with Gasteiger partial charge in [-0.05, 0) is 56.9 Å². The maximum Gasteiger partial charge on any atom is 0.194 e. The Hall–Kier alpha value is -6.33. The van der Waals surface area contributed by atoms with Gasteiger partial charge in [0.25, 0.3) is 0 Å². The molecule has 0 aliphatic heterocycles. The van der Waals surface area contributed by atoms with E-state index in [1.54, 1.807) is 36.4 Å². The van der Waals surface area contributed by atoms with Crippen LogP contribution < -0.4 is 0 Å². The van der Waals surface area contributed by atoms with E-state index < -0.39 is 5.78 Å². The van der Waals surface area contributed by atoms with Crippen LogP contribution >= 0.6 is 0 Å². The normalized spacial score (nSPS) is 11.5. The highest BCUT2D eigenvalue weighted by Crippen LogP contribution is 2.46. The molecule has 4 N–H and O–H groups in total. The summed E-state index contributed by atoms with van der Waals surface area (Å²) >= 11 is 0. The summed E-state index contributed by atoms with van der Waals surface area (Å²) in [6.07, 6.45) is 0. The Balaban J connectivity index is 1.50. The van der Waals surface area contributed by atoms with Crippen LogP contribution in [0.15, 0.2) is 133 Å². The van der Waals surface area contributed by atoms with E-state index in [4.69, 9.17) is 0 Å². The van der Waals surface area contributed by atoms with Crippen LogP contribution in [0.2, 0.25) is 0 Å². The summed E-state index contributed by atoms with van der Waals surface area (Å²) in [5.41, 5.74) is 3.12. The van der Waals surface area contributed by atoms with E-state index in [9.17, 15) is 20.4 Å². The maximum absolute atomic E-state index is 15.1. The van der Waals surface area contributed by atoms with Crippen LogP contribution in [-0.4, -0.2) is 26.2 Å². The van der Waals surface area contributed by atoms with Crippen LogP contribution in [0, 0.1) is 0 Å². The quantitative estimate of drug-likeness (QED) is 0.151. The monoisotopic (exact) mass is 598 g/mol. The molecule has 0 unspecified atom stereocenters. The van der Waals surface area contributed by atoms with Crippen LogP contribution in [-0.2, 0) is 0 Å². The summed E-state index contributed by atoms with van der Waals surface area (Å²) in [5.74, 6) is -0.256. The zero-order chi connectivity index (χ0) is 31.5. The van der Waals surface area contributed by atoms with Gasteiger partial charge in [-0.2, -0.15) is 0 Å². The van der Waals surface area contributed by atoms with E-state index in [1.807, 2.05) is 84.9 Å². The molecule has 0 bridgehead atoms. The third kappa shape index (κ3) is 4.06. The largest absolute Gasteiger partial charge is 0.507 e. The Morgan fingerprint density at radius 2 is 0.652 bits per heavy atom. The molecule has 8 aromatic rings. The predicted octanol–water partition coefficient (Wildman–Crippen LogP) is 9.69. The number of carbonyl (C=O) groups excluding carboxylic acids is 1. The van der Waals surface area contributed by atoms with Crippen LogP contribution in [0.4, 0.5) is 0 Å². The number of aromatic hydroxyl groups is 4. The number of hydrogen-bond acceptors (Lipinski definition) is 5. The second kappa shape index (κ2) is 10.4. The molecule has 0 saturated heterocycles. The van der Waals surface area contributed by atoms with Gasteiger partial charge >= 0.3 is 0 Å². The molecule has 8 aromatic carbocycles. The van der Waals surface area contributed by atoms with Crippen LogP contribution in [0.5, 0.6) is 23.0 Å². The number of phenolic OH excluding ortho intramolecular Hbond substituents is 4. The minimum absolute atomic E-state index is 0.0487. The molecule has 5 heteroatoms. The summed E-state index contributed by atoms with van der Waals surface area (Å²) in [7, 11) is 0. The third-order valence-electron chi connectivity index (χ3n) is 8.88. The first kappa shape index (κ1) is 27.2. The first-order valence-corrected chi connectivity index (χ1v) is 14.9. The number of phenols is 4. The lowest BCUT2D eigenvalue weighted by Gasteiger charge is -2.20. The van der Waals surface area contributed by atoms with Gasteiger partial charge in [0, 0.05) is 43.8 Å². The fourth-order valence-corrected chi connectivity index (χ4v) is 6.80. The van der Waals surface area contributed by atoms with E-state index >= 15 is 4.79 Å². The molecule has 0 radical (unpaired) electrons. The van der Waals surface area contributed by atoms with Gasteiger partial charge in [0.2, 0.25) is 0 Å². The van der Waals surface area contributed by atoms with Gasteiger partial charge in [-0.25, -0.2) is 0 Å². The lowest BCUT2D eigenvalue weighted by Crippen LogP contribution is -2.07. The molecule has 220 valence electrons. The standard InChI is InChI=1S/C41H26O5/c42-35-19-17-31(23-9-1-3-11-25(23)35)39-29-15-7-5-13-27(29)37(44)21-33(39)41(46)34-22-38(45)28-14-6-8-16-30(28)40(34)32-18-20-36(43)26-12-4-2-10-24(26)32/h1-22,42-45H. The van der Waals surface area contributed by atoms with Crippen LogP contribution in [0.1, 0.15) is 15.9 Å². The lowest BCUT2D eigenvalue weighted by molar-refractivity contribution is 0.103. The van der Waals surface area contributed by atoms with Crippen molar-refractivity contribution in [2.75, 3.05) is 0 Å². The van der Waals surface area contributed by atoms with Crippen LogP contribution in [0.3, 0.4) is 0 Å². The molecule has 0 aromatic heterocycles.